The Morgan fingerprint density at radius 2 is 1.82 bits per heavy atom. The third-order valence-electron chi connectivity index (χ3n) is 4.25. The molecule has 1 atom stereocenters. The number of rotatable bonds is 4. The van der Waals surface area contributed by atoms with Crippen molar-refractivity contribution in [1.82, 2.24) is 4.90 Å². The molecule has 1 unspecified atom stereocenters. The largest absolute Gasteiger partial charge is 0.468 e. The highest BCUT2D eigenvalue weighted by Gasteiger charge is 2.34. The minimum Gasteiger partial charge on any atom is -0.468 e. The van der Waals surface area contributed by atoms with Crippen molar-refractivity contribution in [3.63, 3.8) is 0 Å². The van der Waals surface area contributed by atoms with E-state index in [9.17, 15) is 22.8 Å². The summed E-state index contributed by atoms with van der Waals surface area (Å²) in [6.45, 7) is 4.85. The first-order chi connectivity index (χ1) is 15.0. The van der Waals surface area contributed by atoms with Crippen LogP contribution < -0.4 is 10.1 Å². The van der Waals surface area contributed by atoms with Crippen molar-refractivity contribution in [3.8, 4) is 5.75 Å². The lowest BCUT2D eigenvalue weighted by Crippen LogP contribution is -2.48. The molecule has 1 fully saturated rings. The molecule has 0 radical (unpaired) electrons. The van der Waals surface area contributed by atoms with Crippen LogP contribution in [0.4, 0.5) is 28.4 Å². The van der Waals surface area contributed by atoms with Gasteiger partial charge in [-0.2, -0.15) is 13.2 Å². The molecule has 0 spiro atoms. The van der Waals surface area contributed by atoms with Gasteiger partial charge in [0.1, 0.15) is 18.0 Å². The van der Waals surface area contributed by atoms with Gasteiger partial charge < -0.3 is 14.2 Å². The van der Waals surface area contributed by atoms with Crippen molar-refractivity contribution in [2.45, 2.75) is 61.8 Å². The van der Waals surface area contributed by atoms with Gasteiger partial charge in [-0.1, -0.05) is 34.8 Å². The quantitative estimate of drug-likeness (QED) is 0.432. The van der Waals surface area contributed by atoms with Crippen molar-refractivity contribution >= 4 is 52.7 Å². The van der Waals surface area contributed by atoms with E-state index in [1.54, 1.807) is 20.8 Å². The van der Waals surface area contributed by atoms with Crippen molar-refractivity contribution < 1.29 is 37.0 Å². The lowest BCUT2D eigenvalue weighted by Gasteiger charge is -2.36. The number of nitrogens with one attached hydrogen (secondary N) is 1. The first-order valence-corrected chi connectivity index (χ1v) is 11.1. The smallest absolute Gasteiger partial charge is 0.416 e. The molecular formula is C20H24Cl3F3N2O5. The van der Waals surface area contributed by atoms with E-state index in [1.807, 2.05) is 0 Å². The summed E-state index contributed by atoms with van der Waals surface area (Å²) < 4.78 is 53.7. The van der Waals surface area contributed by atoms with Crippen LogP contribution in [-0.4, -0.2) is 45.9 Å². The summed E-state index contributed by atoms with van der Waals surface area (Å²) >= 11 is 16.6. The van der Waals surface area contributed by atoms with Crippen molar-refractivity contribution in [1.29, 1.82) is 0 Å². The molecular weight excluding hydrogens is 512 g/mol. The second kappa shape index (κ2) is 10.7. The summed E-state index contributed by atoms with van der Waals surface area (Å²) in [6.07, 6.45) is -5.42. The van der Waals surface area contributed by atoms with Gasteiger partial charge in [0, 0.05) is 13.0 Å². The van der Waals surface area contributed by atoms with Gasteiger partial charge in [-0.25, -0.2) is 9.59 Å². The summed E-state index contributed by atoms with van der Waals surface area (Å²) in [7, 11) is 0. The first kappa shape index (κ1) is 27.5. The number of hydrogen-bond acceptors (Lipinski definition) is 5. The topological polar surface area (TPSA) is 77.1 Å². The summed E-state index contributed by atoms with van der Waals surface area (Å²) in [6, 6.07) is 2.54. The van der Waals surface area contributed by atoms with Crippen LogP contribution in [0, 0.1) is 0 Å². The number of ether oxygens (including phenoxy) is 3. The average Bonchev–Trinajstić information content (AvgIpc) is 2.65. The highest BCUT2D eigenvalue weighted by molar-refractivity contribution is 6.67. The summed E-state index contributed by atoms with van der Waals surface area (Å²) in [5, 5.41) is 2.17. The molecule has 186 valence electrons. The Morgan fingerprint density at radius 3 is 2.39 bits per heavy atom. The number of carbonyl (C=O) groups is 2. The number of hydrogen-bond donors (Lipinski definition) is 1. The maximum Gasteiger partial charge on any atom is 0.416 e. The molecule has 1 N–H and O–H groups in total. The highest BCUT2D eigenvalue weighted by atomic mass is 35.6. The summed E-state index contributed by atoms with van der Waals surface area (Å²) in [5.41, 5.74) is -2.10. The number of nitrogens with zero attached hydrogens (tertiary/aromatic N) is 1. The van der Waals surface area contributed by atoms with Crippen LogP contribution in [0.5, 0.6) is 5.75 Å². The molecule has 1 aliphatic heterocycles. The standard InChI is InChI=1S/C20H24Cl3F3N2O5/c1-18(2,3)33-17(30)28-9-5-4-6-15(28)32-14-8-7-12(20(24,25)26)10-13(14)27-16(29)31-11-19(21,22)23/h7-8,10,15H,4-6,9,11H2,1-3H3,(H,27,29). The zero-order valence-electron chi connectivity index (χ0n) is 18.1. The molecule has 0 bridgehead atoms. The predicted molar refractivity (Wildman–Crippen MR) is 118 cm³/mol. The third kappa shape index (κ3) is 9.17. The molecule has 7 nitrogen and oxygen atoms in total. The van der Waals surface area contributed by atoms with E-state index in [4.69, 9.17) is 49.0 Å². The Labute approximate surface area is 204 Å². The number of halogens is 6. The van der Waals surface area contributed by atoms with E-state index >= 15 is 0 Å². The number of alkyl halides is 6. The molecule has 0 aliphatic carbocycles. The molecule has 1 aromatic rings. The third-order valence-corrected chi connectivity index (χ3v) is 4.58. The first-order valence-electron chi connectivity index (χ1n) is 9.93. The van der Waals surface area contributed by atoms with Gasteiger partial charge in [-0.15, -0.1) is 0 Å². The Balaban J connectivity index is 2.27. The van der Waals surface area contributed by atoms with E-state index < -0.39 is 46.2 Å². The highest BCUT2D eigenvalue weighted by Crippen LogP contribution is 2.37. The molecule has 13 heteroatoms. The van der Waals surface area contributed by atoms with Gasteiger partial charge >= 0.3 is 18.4 Å². The number of anilines is 1. The molecule has 2 amide bonds. The van der Waals surface area contributed by atoms with Crippen molar-refractivity contribution in [3.05, 3.63) is 23.8 Å². The summed E-state index contributed by atoms with van der Waals surface area (Å²) in [4.78, 5) is 26.0. The predicted octanol–water partition coefficient (Wildman–Crippen LogP) is 6.75. The molecule has 33 heavy (non-hydrogen) atoms. The van der Waals surface area contributed by atoms with Gasteiger partial charge in [-0.05, 0) is 51.8 Å². The fourth-order valence-corrected chi connectivity index (χ4v) is 3.06. The number of carbonyl (C=O) groups excluding carboxylic acids is 2. The Kier molecular flexibility index (Phi) is 8.86. The van der Waals surface area contributed by atoms with Gasteiger partial charge in [0.15, 0.2) is 6.23 Å². The number of benzene rings is 1. The number of likely N-dealkylation sites (tertiary alicyclic amines) is 1. The van der Waals surface area contributed by atoms with Gasteiger partial charge in [0.05, 0.1) is 11.3 Å². The lowest BCUT2D eigenvalue weighted by molar-refractivity contribution is -0.137. The molecule has 1 aromatic carbocycles. The van der Waals surface area contributed by atoms with E-state index in [0.29, 0.717) is 25.5 Å². The number of amides is 2. The Hall–Kier alpha value is -1.78. The fraction of sp³-hybridized carbons (Fsp3) is 0.600. The second-order valence-electron chi connectivity index (χ2n) is 8.27. The monoisotopic (exact) mass is 534 g/mol. The van der Waals surface area contributed by atoms with E-state index in [-0.39, 0.29) is 11.4 Å². The zero-order chi connectivity index (χ0) is 25.0. The van der Waals surface area contributed by atoms with E-state index in [1.165, 1.54) is 4.90 Å². The Bertz CT molecular complexity index is 857. The molecule has 0 saturated carbocycles. The van der Waals surface area contributed by atoms with E-state index in [2.05, 4.69) is 5.32 Å². The van der Waals surface area contributed by atoms with Crippen LogP contribution >= 0.6 is 34.8 Å². The average molecular weight is 536 g/mol. The molecule has 1 aliphatic rings. The SMILES string of the molecule is CC(C)(C)OC(=O)N1CCCCC1Oc1ccc(C(F)(F)F)cc1NC(=O)OCC(Cl)(Cl)Cl. The fourth-order valence-electron chi connectivity index (χ4n) is 2.90. The van der Waals surface area contributed by atoms with Gasteiger partial charge in [0.2, 0.25) is 3.79 Å². The van der Waals surface area contributed by atoms with Crippen LogP contribution in [0.3, 0.4) is 0 Å². The van der Waals surface area contributed by atoms with Gasteiger partial charge in [0.25, 0.3) is 0 Å². The van der Waals surface area contributed by atoms with Crippen LogP contribution in [0.25, 0.3) is 0 Å². The minimum atomic E-state index is -4.68. The number of piperidine rings is 1. The molecule has 0 aromatic heterocycles. The van der Waals surface area contributed by atoms with Gasteiger partial charge in [-0.3, -0.25) is 10.2 Å². The summed E-state index contributed by atoms with van der Waals surface area (Å²) in [5.74, 6) is -0.103. The van der Waals surface area contributed by atoms with Crippen LogP contribution in [0.2, 0.25) is 0 Å². The zero-order valence-corrected chi connectivity index (χ0v) is 20.4. The van der Waals surface area contributed by atoms with Crippen LogP contribution in [0.1, 0.15) is 45.6 Å². The normalized spacial score (nSPS) is 17.4. The van der Waals surface area contributed by atoms with Crippen LogP contribution in [-0.2, 0) is 15.7 Å². The lowest BCUT2D eigenvalue weighted by atomic mass is 10.1. The van der Waals surface area contributed by atoms with Crippen LogP contribution in [0.15, 0.2) is 18.2 Å². The maximum absolute atomic E-state index is 13.2. The Morgan fingerprint density at radius 1 is 1.15 bits per heavy atom. The molecule has 1 heterocycles. The van der Waals surface area contributed by atoms with Crippen molar-refractivity contribution in [2.75, 3.05) is 18.5 Å². The molecule has 1 saturated heterocycles. The van der Waals surface area contributed by atoms with Crippen molar-refractivity contribution in [2.24, 2.45) is 0 Å². The maximum atomic E-state index is 13.2. The molecule has 2 rings (SSSR count). The minimum absolute atomic E-state index is 0.103. The second-order valence-corrected chi connectivity index (χ2v) is 10.8. The van der Waals surface area contributed by atoms with E-state index in [0.717, 1.165) is 18.6 Å².